The average molecular weight is 238 g/mol. The van der Waals surface area contributed by atoms with Gasteiger partial charge in [0.1, 0.15) is 0 Å². The summed E-state index contributed by atoms with van der Waals surface area (Å²) >= 11 is 0. The van der Waals surface area contributed by atoms with Crippen molar-refractivity contribution in [2.45, 2.75) is 77.3 Å². The van der Waals surface area contributed by atoms with Crippen LogP contribution in [0.5, 0.6) is 0 Å². The van der Waals surface area contributed by atoms with Crippen LogP contribution < -0.4 is 0 Å². The second-order valence-electron chi connectivity index (χ2n) is 5.88. The monoisotopic (exact) mass is 238 g/mol. The van der Waals surface area contributed by atoms with E-state index in [1.54, 1.807) is 0 Å². The van der Waals surface area contributed by atoms with E-state index in [4.69, 9.17) is 0 Å². The molecule has 0 aliphatic carbocycles. The number of hydrogen-bond acceptors (Lipinski definition) is 2. The van der Waals surface area contributed by atoms with Gasteiger partial charge in [0, 0.05) is 12.1 Å². The molecule has 0 N–H and O–H groups in total. The molecule has 2 unspecified atom stereocenters. The molecular weight excluding hydrogens is 208 g/mol. The van der Waals surface area contributed by atoms with E-state index in [2.05, 4.69) is 23.6 Å². The van der Waals surface area contributed by atoms with Gasteiger partial charge in [-0.05, 0) is 51.6 Å². The van der Waals surface area contributed by atoms with Gasteiger partial charge in [-0.3, -0.25) is 9.80 Å². The maximum atomic E-state index is 2.76. The van der Waals surface area contributed by atoms with E-state index in [0.29, 0.717) is 0 Å². The maximum Gasteiger partial charge on any atom is 0.0511 e. The largest absolute Gasteiger partial charge is 0.288 e. The van der Waals surface area contributed by atoms with Crippen molar-refractivity contribution in [2.75, 3.05) is 19.8 Å². The number of likely N-dealkylation sites (tertiary alicyclic amines) is 2. The van der Waals surface area contributed by atoms with Gasteiger partial charge < -0.3 is 0 Å². The predicted octanol–water partition coefficient (Wildman–Crippen LogP) is 3.47. The van der Waals surface area contributed by atoms with Crippen LogP contribution in [0.25, 0.3) is 0 Å². The lowest BCUT2D eigenvalue weighted by Gasteiger charge is -2.43. The van der Waals surface area contributed by atoms with Crippen LogP contribution in [-0.4, -0.2) is 41.6 Å². The van der Waals surface area contributed by atoms with E-state index in [0.717, 1.165) is 12.1 Å². The summed E-state index contributed by atoms with van der Waals surface area (Å²) in [6, 6.07) is 1.73. The highest BCUT2D eigenvalue weighted by molar-refractivity contribution is 4.80. The van der Waals surface area contributed by atoms with Crippen molar-refractivity contribution < 1.29 is 0 Å². The SMILES string of the molecule is CCC1CCCCN1CN1CCCCC1CC. The Balaban J connectivity index is 1.88. The zero-order valence-corrected chi connectivity index (χ0v) is 11.8. The number of piperidine rings is 2. The van der Waals surface area contributed by atoms with Crippen molar-refractivity contribution in [1.29, 1.82) is 0 Å². The lowest BCUT2D eigenvalue weighted by atomic mass is 9.98. The Bertz CT molecular complexity index is 195. The lowest BCUT2D eigenvalue weighted by molar-refractivity contribution is 0.0254. The molecule has 0 amide bonds. The third-order valence-corrected chi connectivity index (χ3v) is 4.80. The third-order valence-electron chi connectivity index (χ3n) is 4.80. The highest BCUT2D eigenvalue weighted by atomic mass is 15.3. The van der Waals surface area contributed by atoms with E-state index in [-0.39, 0.29) is 0 Å². The van der Waals surface area contributed by atoms with Gasteiger partial charge in [-0.25, -0.2) is 0 Å². The summed E-state index contributed by atoms with van der Waals surface area (Å²) in [6.07, 6.45) is 11.3. The summed E-state index contributed by atoms with van der Waals surface area (Å²) in [6.45, 7) is 8.64. The average Bonchev–Trinajstić information content (AvgIpc) is 2.40. The van der Waals surface area contributed by atoms with Crippen LogP contribution in [0.1, 0.15) is 65.2 Å². The molecule has 0 aromatic heterocycles. The second kappa shape index (κ2) is 6.75. The summed E-state index contributed by atoms with van der Waals surface area (Å²) in [4.78, 5) is 5.52. The molecular formula is C15H30N2. The molecule has 0 saturated carbocycles. The molecule has 2 saturated heterocycles. The van der Waals surface area contributed by atoms with Crippen molar-refractivity contribution in [1.82, 2.24) is 9.80 Å². The molecule has 0 spiro atoms. The summed E-state index contributed by atoms with van der Waals surface area (Å²) in [7, 11) is 0. The molecule has 100 valence electrons. The van der Waals surface area contributed by atoms with Gasteiger partial charge in [0.2, 0.25) is 0 Å². The summed E-state index contributed by atoms with van der Waals surface area (Å²) in [5, 5.41) is 0. The minimum absolute atomic E-state index is 0.864. The molecule has 2 aliphatic rings. The first-order valence-electron chi connectivity index (χ1n) is 7.83. The van der Waals surface area contributed by atoms with Crippen molar-refractivity contribution in [2.24, 2.45) is 0 Å². The fraction of sp³-hybridized carbons (Fsp3) is 1.00. The van der Waals surface area contributed by atoms with Crippen molar-refractivity contribution in [3.63, 3.8) is 0 Å². The Hall–Kier alpha value is -0.0800. The summed E-state index contributed by atoms with van der Waals surface area (Å²) < 4.78 is 0. The smallest absolute Gasteiger partial charge is 0.0511 e. The summed E-state index contributed by atoms with van der Waals surface area (Å²) in [5.41, 5.74) is 0. The highest BCUT2D eigenvalue weighted by Gasteiger charge is 2.26. The normalized spacial score (nSPS) is 32.8. The van der Waals surface area contributed by atoms with Crippen molar-refractivity contribution >= 4 is 0 Å². The van der Waals surface area contributed by atoms with Crippen molar-refractivity contribution in [3.8, 4) is 0 Å². The molecule has 2 aliphatic heterocycles. The number of nitrogens with zero attached hydrogens (tertiary/aromatic N) is 2. The minimum atomic E-state index is 0.864. The molecule has 2 heterocycles. The molecule has 17 heavy (non-hydrogen) atoms. The van der Waals surface area contributed by atoms with E-state index in [1.807, 2.05) is 0 Å². The first kappa shape index (κ1) is 13.4. The zero-order chi connectivity index (χ0) is 12.1. The third kappa shape index (κ3) is 3.45. The van der Waals surface area contributed by atoms with Gasteiger partial charge in [0.15, 0.2) is 0 Å². The Labute approximate surface area is 107 Å². The lowest BCUT2D eigenvalue weighted by Crippen LogP contribution is -2.50. The number of rotatable bonds is 4. The molecule has 2 rings (SSSR count). The van der Waals surface area contributed by atoms with Gasteiger partial charge in [0.05, 0.1) is 6.67 Å². The van der Waals surface area contributed by atoms with Crippen LogP contribution in [0.15, 0.2) is 0 Å². The molecule has 2 heteroatoms. The fourth-order valence-electron chi connectivity index (χ4n) is 3.65. The minimum Gasteiger partial charge on any atom is -0.288 e. The Morgan fingerprint density at radius 3 is 1.65 bits per heavy atom. The highest BCUT2D eigenvalue weighted by Crippen LogP contribution is 2.24. The van der Waals surface area contributed by atoms with Crippen LogP contribution in [0.4, 0.5) is 0 Å². The standard InChI is InChI=1S/C15H30N2/c1-3-14-9-5-7-11-16(14)13-17-12-8-6-10-15(17)4-2/h14-15H,3-13H2,1-2H3. The van der Waals surface area contributed by atoms with Gasteiger partial charge in [-0.2, -0.15) is 0 Å². The molecule has 0 aromatic rings. The molecule has 0 aromatic carbocycles. The van der Waals surface area contributed by atoms with Crippen LogP contribution >= 0.6 is 0 Å². The molecule has 2 atom stereocenters. The quantitative estimate of drug-likeness (QED) is 0.740. The topological polar surface area (TPSA) is 6.48 Å². The van der Waals surface area contributed by atoms with E-state index < -0.39 is 0 Å². The van der Waals surface area contributed by atoms with Gasteiger partial charge in [0.25, 0.3) is 0 Å². The van der Waals surface area contributed by atoms with E-state index in [1.165, 1.54) is 71.1 Å². The van der Waals surface area contributed by atoms with E-state index in [9.17, 15) is 0 Å². The Morgan fingerprint density at radius 2 is 1.24 bits per heavy atom. The van der Waals surface area contributed by atoms with Crippen LogP contribution in [0.2, 0.25) is 0 Å². The van der Waals surface area contributed by atoms with E-state index >= 15 is 0 Å². The van der Waals surface area contributed by atoms with Gasteiger partial charge in [-0.15, -0.1) is 0 Å². The molecule has 0 radical (unpaired) electrons. The molecule has 2 nitrogen and oxygen atoms in total. The summed E-state index contributed by atoms with van der Waals surface area (Å²) in [5.74, 6) is 0. The van der Waals surface area contributed by atoms with Crippen LogP contribution in [0, 0.1) is 0 Å². The first-order valence-corrected chi connectivity index (χ1v) is 7.83. The maximum absolute atomic E-state index is 2.76. The van der Waals surface area contributed by atoms with Gasteiger partial charge in [-0.1, -0.05) is 26.7 Å². The zero-order valence-electron chi connectivity index (χ0n) is 11.8. The first-order chi connectivity index (χ1) is 8.35. The van der Waals surface area contributed by atoms with Crippen molar-refractivity contribution in [3.05, 3.63) is 0 Å². The van der Waals surface area contributed by atoms with Crippen LogP contribution in [0.3, 0.4) is 0 Å². The Morgan fingerprint density at radius 1 is 0.765 bits per heavy atom. The molecule has 0 bridgehead atoms. The number of hydrogen-bond donors (Lipinski definition) is 0. The van der Waals surface area contributed by atoms with Gasteiger partial charge >= 0.3 is 0 Å². The Kier molecular flexibility index (Phi) is 5.30. The predicted molar refractivity (Wildman–Crippen MR) is 74.1 cm³/mol. The fourth-order valence-corrected chi connectivity index (χ4v) is 3.65. The second-order valence-corrected chi connectivity index (χ2v) is 5.88. The van der Waals surface area contributed by atoms with Crippen LogP contribution in [-0.2, 0) is 0 Å². The molecule has 2 fully saturated rings.